The van der Waals surface area contributed by atoms with Crippen LogP contribution in [0.15, 0.2) is 46.6 Å². The van der Waals surface area contributed by atoms with Crippen LogP contribution in [-0.2, 0) is 14.2 Å². The lowest BCUT2D eigenvalue weighted by atomic mass is 9.79. The first-order valence-electron chi connectivity index (χ1n) is 8.49. The molecule has 2 N–H and O–H groups in total. The molecule has 0 radical (unpaired) electrons. The van der Waals surface area contributed by atoms with Crippen LogP contribution in [0.3, 0.4) is 0 Å². The lowest BCUT2D eigenvalue weighted by Gasteiger charge is -2.45. The lowest BCUT2D eigenvalue weighted by Crippen LogP contribution is -2.66. The van der Waals surface area contributed by atoms with Crippen LogP contribution in [0.4, 0.5) is 17.6 Å². The monoisotopic (exact) mass is 430 g/mol. The van der Waals surface area contributed by atoms with E-state index in [0.717, 1.165) is 24.6 Å². The standard InChI is InChI=1S/C19H22F4N4O3/c1-5-7-14(20)13(9-26-16(10-25-4)28-8-6-2)18(3)15(11-29-17(24)27-18)30-12-19(21,22)23/h2,5,7,9-10,13,15H,1,4,8,11-12H2,3H3,(H2,24,27)/b14-7+,16-10+,26-9?/t13-,15-,18+/m0/s1. The summed E-state index contributed by atoms with van der Waals surface area (Å²) in [6.45, 7) is 5.91. The van der Waals surface area contributed by atoms with Crippen molar-refractivity contribution in [1.82, 2.24) is 5.32 Å². The third-order valence-electron chi connectivity index (χ3n) is 3.96. The summed E-state index contributed by atoms with van der Waals surface area (Å²) in [5, 5.41) is 10.3. The van der Waals surface area contributed by atoms with Crippen molar-refractivity contribution in [2.24, 2.45) is 15.9 Å². The van der Waals surface area contributed by atoms with E-state index in [-0.39, 0.29) is 12.5 Å². The number of nitrogens with zero attached hydrogens (tertiary/aromatic N) is 2. The molecular weight excluding hydrogens is 408 g/mol. The number of ether oxygens (including phenoxy) is 3. The van der Waals surface area contributed by atoms with Crippen LogP contribution in [0.1, 0.15) is 6.92 Å². The van der Waals surface area contributed by atoms with Gasteiger partial charge in [0.05, 0.1) is 17.7 Å². The zero-order valence-corrected chi connectivity index (χ0v) is 16.2. The van der Waals surface area contributed by atoms with Crippen molar-refractivity contribution < 1.29 is 31.8 Å². The van der Waals surface area contributed by atoms with E-state index in [4.69, 9.17) is 26.0 Å². The summed E-state index contributed by atoms with van der Waals surface area (Å²) in [6, 6.07) is -0.457. The predicted octanol–water partition coefficient (Wildman–Crippen LogP) is 3.12. The van der Waals surface area contributed by atoms with E-state index >= 15 is 0 Å². The molecule has 0 spiro atoms. The molecule has 1 aliphatic rings. The van der Waals surface area contributed by atoms with Gasteiger partial charge in [0.25, 0.3) is 6.02 Å². The molecule has 7 nitrogen and oxygen atoms in total. The molecule has 0 aromatic carbocycles. The van der Waals surface area contributed by atoms with Crippen LogP contribution in [0.2, 0.25) is 0 Å². The van der Waals surface area contributed by atoms with Crippen LogP contribution in [0, 0.1) is 23.7 Å². The van der Waals surface area contributed by atoms with Crippen LogP contribution in [0.25, 0.3) is 0 Å². The Morgan fingerprint density at radius 2 is 2.27 bits per heavy atom. The minimum absolute atomic E-state index is 0.0992. The number of alkyl halides is 3. The summed E-state index contributed by atoms with van der Waals surface area (Å²) in [4.78, 5) is 7.48. The Hall–Kier alpha value is -3.13. The quantitative estimate of drug-likeness (QED) is 0.183. The van der Waals surface area contributed by atoms with Crippen molar-refractivity contribution >= 4 is 19.0 Å². The fraction of sp³-hybridized carbons (Fsp3) is 0.421. The van der Waals surface area contributed by atoms with Crippen molar-refractivity contribution in [3.05, 3.63) is 36.6 Å². The van der Waals surface area contributed by atoms with Crippen molar-refractivity contribution in [2.45, 2.75) is 24.7 Å². The maximum absolute atomic E-state index is 14.9. The average Bonchev–Trinajstić information content (AvgIpc) is 2.64. The largest absolute Gasteiger partial charge is 0.463 e. The molecule has 11 heteroatoms. The molecule has 0 saturated carbocycles. The number of hydrogen-bond donors (Lipinski definition) is 2. The normalized spacial score (nSPS) is 23.9. The highest BCUT2D eigenvalue weighted by Crippen LogP contribution is 2.33. The number of terminal acetylenes is 1. The molecule has 0 bridgehead atoms. The topological polar surface area (TPSA) is 88.3 Å². The van der Waals surface area contributed by atoms with E-state index in [9.17, 15) is 17.6 Å². The van der Waals surface area contributed by atoms with Gasteiger partial charge in [-0.25, -0.2) is 9.38 Å². The van der Waals surface area contributed by atoms with Crippen LogP contribution in [0.5, 0.6) is 0 Å². The molecule has 0 amide bonds. The number of rotatable bonds is 10. The van der Waals surface area contributed by atoms with Gasteiger partial charge in [0.15, 0.2) is 6.61 Å². The minimum Gasteiger partial charge on any atom is -0.463 e. The van der Waals surface area contributed by atoms with E-state index in [2.05, 4.69) is 34.5 Å². The minimum atomic E-state index is -4.61. The molecular formula is C19H22F4N4O3. The Labute approximate surface area is 171 Å². The second-order valence-corrected chi connectivity index (χ2v) is 6.15. The molecule has 1 heterocycles. The third kappa shape index (κ3) is 7.36. The van der Waals surface area contributed by atoms with Crippen molar-refractivity contribution in [1.29, 1.82) is 5.41 Å². The Morgan fingerprint density at radius 1 is 1.57 bits per heavy atom. The van der Waals surface area contributed by atoms with E-state index in [1.807, 2.05) is 0 Å². The molecule has 0 aliphatic carbocycles. The zero-order valence-electron chi connectivity index (χ0n) is 16.2. The Morgan fingerprint density at radius 3 is 2.83 bits per heavy atom. The van der Waals surface area contributed by atoms with Crippen molar-refractivity contribution in [3.8, 4) is 12.3 Å². The Bertz CT molecular complexity index is 771. The fourth-order valence-corrected chi connectivity index (χ4v) is 2.57. The highest BCUT2D eigenvalue weighted by Gasteiger charge is 2.49. The van der Waals surface area contributed by atoms with Gasteiger partial charge in [-0.05, 0) is 19.7 Å². The molecule has 30 heavy (non-hydrogen) atoms. The molecule has 1 aliphatic heterocycles. The van der Waals surface area contributed by atoms with Crippen LogP contribution in [-0.4, -0.2) is 56.6 Å². The van der Waals surface area contributed by atoms with E-state index < -0.39 is 48.8 Å². The predicted molar refractivity (Wildman–Crippen MR) is 105 cm³/mol. The van der Waals surface area contributed by atoms with Gasteiger partial charge in [0, 0.05) is 6.21 Å². The van der Waals surface area contributed by atoms with Gasteiger partial charge in [-0.2, -0.15) is 13.2 Å². The van der Waals surface area contributed by atoms with Gasteiger partial charge in [-0.3, -0.25) is 10.4 Å². The van der Waals surface area contributed by atoms with Gasteiger partial charge in [0.2, 0.25) is 5.88 Å². The summed E-state index contributed by atoms with van der Waals surface area (Å²) in [7, 11) is 0. The molecule has 3 atom stereocenters. The highest BCUT2D eigenvalue weighted by molar-refractivity contribution is 5.75. The number of aliphatic imine (C=N–C) groups is 2. The van der Waals surface area contributed by atoms with Gasteiger partial charge < -0.3 is 19.5 Å². The molecule has 1 fully saturated rings. The summed E-state index contributed by atoms with van der Waals surface area (Å²) in [5.74, 6) is 0.0126. The van der Waals surface area contributed by atoms with E-state index in [0.29, 0.717) is 0 Å². The summed E-state index contributed by atoms with van der Waals surface area (Å²) in [5.41, 5.74) is -1.58. The molecule has 0 aromatic heterocycles. The lowest BCUT2D eigenvalue weighted by molar-refractivity contribution is -0.200. The molecule has 0 aromatic rings. The number of allylic oxidation sites excluding steroid dienone is 2. The second-order valence-electron chi connectivity index (χ2n) is 6.15. The number of halogens is 4. The molecule has 164 valence electrons. The maximum atomic E-state index is 14.9. The molecule has 1 saturated heterocycles. The van der Waals surface area contributed by atoms with E-state index in [1.54, 1.807) is 0 Å². The van der Waals surface area contributed by atoms with Crippen LogP contribution >= 0.6 is 0 Å². The fourth-order valence-electron chi connectivity index (χ4n) is 2.57. The highest BCUT2D eigenvalue weighted by atomic mass is 19.4. The molecule has 1 rings (SSSR count). The summed E-state index contributed by atoms with van der Waals surface area (Å²) < 4.78 is 67.9. The van der Waals surface area contributed by atoms with Gasteiger partial charge in [-0.15, -0.1) is 6.42 Å². The first-order valence-corrected chi connectivity index (χ1v) is 8.49. The SMILES string of the molecule is C#CCO/C(=C/N=C)N=C[C@@H](/C(F)=C\C=C)[C@@]1(C)NC(=N)OC[C@@H]1OCC(F)(F)F. The third-order valence-corrected chi connectivity index (χ3v) is 3.96. The summed E-state index contributed by atoms with van der Waals surface area (Å²) >= 11 is 0. The average molecular weight is 430 g/mol. The zero-order chi connectivity index (χ0) is 22.8. The summed E-state index contributed by atoms with van der Waals surface area (Å²) in [6.07, 6.45) is 3.60. The maximum Gasteiger partial charge on any atom is 0.411 e. The van der Waals surface area contributed by atoms with Gasteiger partial charge >= 0.3 is 6.18 Å². The first-order chi connectivity index (χ1) is 14.1. The van der Waals surface area contributed by atoms with Crippen molar-refractivity contribution in [3.63, 3.8) is 0 Å². The van der Waals surface area contributed by atoms with E-state index in [1.165, 1.54) is 6.92 Å². The Kier molecular flexibility index (Phi) is 9.26. The van der Waals surface area contributed by atoms with Crippen molar-refractivity contribution in [2.75, 3.05) is 19.8 Å². The molecule has 0 unspecified atom stereocenters. The van der Waals surface area contributed by atoms with Gasteiger partial charge in [-0.1, -0.05) is 18.6 Å². The second kappa shape index (κ2) is 11.2. The number of amidine groups is 1. The van der Waals surface area contributed by atoms with Gasteiger partial charge in [0.1, 0.15) is 25.1 Å². The number of hydrogen-bond acceptors (Lipinski definition) is 6. The number of nitrogens with one attached hydrogen (secondary N) is 2. The Balaban J connectivity index is 3.34. The smallest absolute Gasteiger partial charge is 0.411 e. The first kappa shape index (κ1) is 24.9. The van der Waals surface area contributed by atoms with Crippen LogP contribution < -0.4 is 5.32 Å².